The monoisotopic (exact) mass is 290 g/mol. The topological polar surface area (TPSA) is 78.4 Å². The molecule has 0 heterocycles. The van der Waals surface area contributed by atoms with Crippen molar-refractivity contribution in [2.45, 2.75) is 38.1 Å². The lowest BCUT2D eigenvalue weighted by molar-refractivity contribution is -0.120. The van der Waals surface area contributed by atoms with Crippen LogP contribution < -0.4 is 10.6 Å². The zero-order valence-electron chi connectivity index (χ0n) is 12.1. The fourth-order valence-electron chi connectivity index (χ4n) is 2.59. The zero-order valence-corrected chi connectivity index (χ0v) is 12.1. The second kappa shape index (κ2) is 7.78. The van der Waals surface area contributed by atoms with Gasteiger partial charge in [0.15, 0.2) is 0 Å². The van der Waals surface area contributed by atoms with E-state index in [1.54, 1.807) is 24.3 Å². The van der Waals surface area contributed by atoms with Gasteiger partial charge >= 0.3 is 5.97 Å². The second-order valence-electron chi connectivity index (χ2n) is 5.46. The number of carbonyl (C=O) groups is 2. The van der Waals surface area contributed by atoms with Crippen LogP contribution in [0.2, 0.25) is 0 Å². The summed E-state index contributed by atoms with van der Waals surface area (Å²) in [6.07, 6.45) is 5.55. The van der Waals surface area contributed by atoms with E-state index in [9.17, 15) is 9.59 Å². The largest absolute Gasteiger partial charge is 0.478 e. The number of carboxylic acid groups (broad SMARTS) is 1. The van der Waals surface area contributed by atoms with Gasteiger partial charge in [-0.2, -0.15) is 0 Å². The molecule has 0 aromatic heterocycles. The van der Waals surface area contributed by atoms with Crippen molar-refractivity contribution in [2.24, 2.45) is 0 Å². The van der Waals surface area contributed by atoms with Crippen molar-refractivity contribution >= 4 is 11.9 Å². The van der Waals surface area contributed by atoms with Crippen LogP contribution in [-0.2, 0) is 11.2 Å². The maximum absolute atomic E-state index is 11.7. The Balaban J connectivity index is 1.63. The minimum Gasteiger partial charge on any atom is -0.478 e. The molecule has 2 rings (SSSR count). The van der Waals surface area contributed by atoms with E-state index in [2.05, 4.69) is 10.6 Å². The molecule has 0 saturated heterocycles. The summed E-state index contributed by atoms with van der Waals surface area (Å²) in [7, 11) is 0. The van der Waals surface area contributed by atoms with E-state index in [1.165, 1.54) is 25.7 Å². The number of aromatic carboxylic acids is 1. The van der Waals surface area contributed by atoms with Gasteiger partial charge in [0.2, 0.25) is 5.91 Å². The highest BCUT2D eigenvalue weighted by Crippen LogP contribution is 2.17. The minimum atomic E-state index is -0.923. The van der Waals surface area contributed by atoms with Crippen LogP contribution in [0.1, 0.15) is 41.6 Å². The van der Waals surface area contributed by atoms with Crippen molar-refractivity contribution < 1.29 is 14.7 Å². The van der Waals surface area contributed by atoms with E-state index in [1.807, 2.05) is 0 Å². The third-order valence-electron chi connectivity index (χ3n) is 3.84. The molecular formula is C16H22N2O3. The zero-order chi connectivity index (χ0) is 15.1. The molecule has 1 amide bonds. The van der Waals surface area contributed by atoms with Crippen LogP contribution in [0, 0.1) is 0 Å². The Morgan fingerprint density at radius 3 is 2.43 bits per heavy atom. The quantitative estimate of drug-likeness (QED) is 0.712. The number of rotatable bonds is 7. The molecule has 5 nitrogen and oxygen atoms in total. The second-order valence-corrected chi connectivity index (χ2v) is 5.46. The molecule has 1 fully saturated rings. The fraction of sp³-hybridized carbons (Fsp3) is 0.500. The summed E-state index contributed by atoms with van der Waals surface area (Å²) >= 11 is 0. The third-order valence-corrected chi connectivity index (χ3v) is 3.84. The van der Waals surface area contributed by atoms with Gasteiger partial charge in [0.05, 0.1) is 12.1 Å². The first-order valence-corrected chi connectivity index (χ1v) is 7.47. The lowest BCUT2D eigenvalue weighted by Crippen LogP contribution is -2.38. The van der Waals surface area contributed by atoms with Crippen molar-refractivity contribution in [3.63, 3.8) is 0 Å². The summed E-state index contributed by atoms with van der Waals surface area (Å²) in [5.74, 6) is -0.906. The number of hydrogen-bond donors (Lipinski definition) is 3. The molecule has 1 aliphatic carbocycles. The number of hydrogen-bond acceptors (Lipinski definition) is 3. The highest BCUT2D eigenvalue weighted by atomic mass is 16.4. The summed E-state index contributed by atoms with van der Waals surface area (Å²) in [6, 6.07) is 7.24. The Kier molecular flexibility index (Phi) is 5.75. The van der Waals surface area contributed by atoms with E-state index >= 15 is 0 Å². The van der Waals surface area contributed by atoms with Gasteiger partial charge in [-0.05, 0) is 37.0 Å². The molecule has 1 aliphatic rings. The number of carbonyl (C=O) groups excluding carboxylic acids is 1. The Hall–Kier alpha value is -1.88. The molecule has 0 unspecified atom stereocenters. The maximum Gasteiger partial charge on any atom is 0.335 e. The highest BCUT2D eigenvalue weighted by molar-refractivity contribution is 5.87. The van der Waals surface area contributed by atoms with E-state index < -0.39 is 5.97 Å². The van der Waals surface area contributed by atoms with Crippen molar-refractivity contribution in [1.82, 2.24) is 10.6 Å². The minimum absolute atomic E-state index is 0.0176. The first-order chi connectivity index (χ1) is 10.1. The standard InChI is InChI=1S/C16H22N2O3/c19-15(11-18-14-3-1-2-4-14)17-10-9-12-5-7-13(8-6-12)16(20)21/h5-8,14,18H,1-4,9-11H2,(H,17,19)(H,20,21). The number of nitrogens with one attached hydrogen (secondary N) is 2. The molecule has 114 valence electrons. The van der Waals surface area contributed by atoms with Gasteiger partial charge in [0.25, 0.3) is 0 Å². The van der Waals surface area contributed by atoms with Gasteiger partial charge in [-0.1, -0.05) is 25.0 Å². The smallest absolute Gasteiger partial charge is 0.335 e. The molecule has 1 aromatic carbocycles. The summed E-state index contributed by atoms with van der Waals surface area (Å²) < 4.78 is 0. The Bertz CT molecular complexity index is 479. The number of carboxylic acids is 1. The molecule has 1 aromatic rings. The highest BCUT2D eigenvalue weighted by Gasteiger charge is 2.14. The maximum atomic E-state index is 11.7. The van der Waals surface area contributed by atoms with Gasteiger partial charge in [0.1, 0.15) is 0 Å². The summed E-state index contributed by atoms with van der Waals surface area (Å²) in [5.41, 5.74) is 1.30. The molecule has 0 bridgehead atoms. The predicted octanol–water partition coefficient (Wildman–Crippen LogP) is 1.58. The molecular weight excluding hydrogens is 268 g/mol. The molecule has 0 spiro atoms. The van der Waals surface area contributed by atoms with E-state index in [0.717, 1.165) is 5.56 Å². The van der Waals surface area contributed by atoms with Gasteiger partial charge in [-0.25, -0.2) is 4.79 Å². The van der Waals surface area contributed by atoms with Crippen LogP contribution in [0.4, 0.5) is 0 Å². The summed E-state index contributed by atoms with van der Waals surface area (Å²) in [4.78, 5) is 22.4. The van der Waals surface area contributed by atoms with Crippen molar-refractivity contribution in [3.05, 3.63) is 35.4 Å². The van der Waals surface area contributed by atoms with Crippen molar-refractivity contribution in [1.29, 1.82) is 0 Å². The normalized spacial score (nSPS) is 15.0. The SMILES string of the molecule is O=C(CNC1CCCC1)NCCc1ccc(C(=O)O)cc1. The van der Waals surface area contributed by atoms with E-state index in [4.69, 9.17) is 5.11 Å². The number of benzene rings is 1. The predicted molar refractivity (Wildman–Crippen MR) is 80.4 cm³/mol. The van der Waals surface area contributed by atoms with Crippen LogP contribution in [0.5, 0.6) is 0 Å². The lowest BCUT2D eigenvalue weighted by atomic mass is 10.1. The summed E-state index contributed by atoms with van der Waals surface area (Å²) in [5, 5.41) is 15.0. The average molecular weight is 290 g/mol. The van der Waals surface area contributed by atoms with Crippen molar-refractivity contribution in [3.8, 4) is 0 Å². The third kappa shape index (κ3) is 5.19. The van der Waals surface area contributed by atoms with Crippen LogP contribution >= 0.6 is 0 Å². The fourth-order valence-corrected chi connectivity index (χ4v) is 2.59. The number of amides is 1. The van der Waals surface area contributed by atoms with Gasteiger partial charge in [0, 0.05) is 12.6 Å². The van der Waals surface area contributed by atoms with E-state index in [-0.39, 0.29) is 11.5 Å². The molecule has 0 radical (unpaired) electrons. The molecule has 0 atom stereocenters. The van der Waals surface area contributed by atoms with Crippen LogP contribution in [0.15, 0.2) is 24.3 Å². The van der Waals surface area contributed by atoms with Crippen LogP contribution in [-0.4, -0.2) is 36.1 Å². The molecule has 3 N–H and O–H groups in total. The first kappa shape index (κ1) is 15.5. The van der Waals surface area contributed by atoms with E-state index in [0.29, 0.717) is 25.6 Å². The van der Waals surface area contributed by atoms with Gasteiger partial charge in [-0.15, -0.1) is 0 Å². The first-order valence-electron chi connectivity index (χ1n) is 7.47. The summed E-state index contributed by atoms with van der Waals surface area (Å²) in [6.45, 7) is 0.945. The Labute approximate surface area is 124 Å². The van der Waals surface area contributed by atoms with Crippen molar-refractivity contribution in [2.75, 3.05) is 13.1 Å². The molecule has 0 aliphatic heterocycles. The average Bonchev–Trinajstić information content (AvgIpc) is 2.99. The van der Waals surface area contributed by atoms with Crippen LogP contribution in [0.3, 0.4) is 0 Å². The van der Waals surface area contributed by atoms with Gasteiger partial charge in [-0.3, -0.25) is 4.79 Å². The molecule has 21 heavy (non-hydrogen) atoms. The molecule has 1 saturated carbocycles. The lowest BCUT2D eigenvalue weighted by Gasteiger charge is -2.11. The Morgan fingerprint density at radius 2 is 1.81 bits per heavy atom. The Morgan fingerprint density at radius 1 is 1.14 bits per heavy atom. The van der Waals surface area contributed by atoms with Crippen LogP contribution in [0.25, 0.3) is 0 Å². The molecule has 5 heteroatoms. The van der Waals surface area contributed by atoms with Gasteiger partial charge < -0.3 is 15.7 Å².